The van der Waals surface area contributed by atoms with E-state index in [-0.39, 0.29) is 23.8 Å². The molecular weight excluding hydrogens is 340 g/mol. The second-order valence-electron chi connectivity index (χ2n) is 7.79. The van der Waals surface area contributed by atoms with Crippen molar-refractivity contribution in [3.8, 4) is 0 Å². The number of nitrogens with two attached hydrogens (primary N) is 1. The predicted molar refractivity (Wildman–Crippen MR) is 108 cm³/mol. The molecule has 1 aromatic rings. The van der Waals surface area contributed by atoms with Crippen LogP contribution in [0.5, 0.6) is 0 Å². The first-order valence-electron chi connectivity index (χ1n) is 10.0. The summed E-state index contributed by atoms with van der Waals surface area (Å²) in [5.74, 6) is -0.252. The molecule has 2 rings (SSSR count). The standard InChI is InChI=1S/C21H34N4O2/c1-15(2)19(24-20(26)16(3)22)21(27)25-13-7-10-18(25)14-23-12-11-17-8-5-4-6-9-17/h4-6,8-9,15-16,18-19,23H,7,10-14,22H2,1-3H3,(H,24,26)/t16-,18-,19-/m0/s1. The molecule has 1 aliphatic heterocycles. The molecule has 0 bridgehead atoms. The molecule has 0 unspecified atom stereocenters. The summed E-state index contributed by atoms with van der Waals surface area (Å²) in [7, 11) is 0. The number of carbonyl (C=O) groups excluding carboxylic acids is 2. The van der Waals surface area contributed by atoms with E-state index in [0.29, 0.717) is 0 Å². The Balaban J connectivity index is 1.87. The maximum atomic E-state index is 13.1. The summed E-state index contributed by atoms with van der Waals surface area (Å²) in [5, 5.41) is 6.31. The van der Waals surface area contributed by atoms with Gasteiger partial charge in [0.15, 0.2) is 0 Å². The van der Waals surface area contributed by atoms with E-state index in [1.165, 1.54) is 5.56 Å². The van der Waals surface area contributed by atoms with Gasteiger partial charge in [0.05, 0.1) is 6.04 Å². The molecule has 1 fully saturated rings. The minimum atomic E-state index is -0.618. The van der Waals surface area contributed by atoms with E-state index in [0.717, 1.165) is 38.9 Å². The second kappa shape index (κ2) is 10.4. The summed E-state index contributed by atoms with van der Waals surface area (Å²) in [6, 6.07) is 9.42. The van der Waals surface area contributed by atoms with Gasteiger partial charge in [-0.1, -0.05) is 44.2 Å². The van der Waals surface area contributed by atoms with Crippen LogP contribution in [0, 0.1) is 5.92 Å². The van der Waals surface area contributed by atoms with Crippen LogP contribution in [0.3, 0.4) is 0 Å². The largest absolute Gasteiger partial charge is 0.343 e. The van der Waals surface area contributed by atoms with E-state index in [4.69, 9.17) is 5.73 Å². The van der Waals surface area contributed by atoms with E-state index in [1.54, 1.807) is 6.92 Å². The van der Waals surface area contributed by atoms with E-state index in [1.807, 2.05) is 24.8 Å². The third-order valence-corrected chi connectivity index (χ3v) is 5.12. The van der Waals surface area contributed by atoms with Crippen molar-refractivity contribution < 1.29 is 9.59 Å². The van der Waals surface area contributed by atoms with Crippen molar-refractivity contribution in [2.75, 3.05) is 19.6 Å². The smallest absolute Gasteiger partial charge is 0.245 e. The Morgan fingerprint density at radius 2 is 1.93 bits per heavy atom. The van der Waals surface area contributed by atoms with Crippen molar-refractivity contribution in [3.05, 3.63) is 35.9 Å². The quantitative estimate of drug-likeness (QED) is 0.569. The van der Waals surface area contributed by atoms with Gasteiger partial charge in [-0.15, -0.1) is 0 Å². The van der Waals surface area contributed by atoms with E-state index in [2.05, 4.69) is 34.9 Å². The molecule has 2 amide bonds. The average Bonchev–Trinajstić information content (AvgIpc) is 3.11. The van der Waals surface area contributed by atoms with Crippen molar-refractivity contribution in [1.29, 1.82) is 0 Å². The minimum Gasteiger partial charge on any atom is -0.343 e. The van der Waals surface area contributed by atoms with Crippen LogP contribution in [-0.2, 0) is 16.0 Å². The van der Waals surface area contributed by atoms with E-state index in [9.17, 15) is 9.59 Å². The Labute approximate surface area is 162 Å². The minimum absolute atomic E-state index is 0.00589. The zero-order valence-electron chi connectivity index (χ0n) is 16.8. The lowest BCUT2D eigenvalue weighted by Gasteiger charge is -2.31. The Hall–Kier alpha value is -1.92. The number of hydrogen-bond acceptors (Lipinski definition) is 4. The van der Waals surface area contributed by atoms with Gasteiger partial charge in [0, 0.05) is 19.1 Å². The number of rotatable bonds is 9. The van der Waals surface area contributed by atoms with E-state index < -0.39 is 12.1 Å². The van der Waals surface area contributed by atoms with Gasteiger partial charge in [0.2, 0.25) is 11.8 Å². The molecule has 0 radical (unpaired) electrons. The van der Waals surface area contributed by atoms with Crippen molar-refractivity contribution in [3.63, 3.8) is 0 Å². The fourth-order valence-corrected chi connectivity index (χ4v) is 3.46. The van der Waals surface area contributed by atoms with Gasteiger partial charge in [-0.25, -0.2) is 0 Å². The van der Waals surface area contributed by atoms with E-state index >= 15 is 0 Å². The predicted octanol–water partition coefficient (Wildman–Crippen LogP) is 1.30. The summed E-state index contributed by atoms with van der Waals surface area (Å²) in [4.78, 5) is 27.0. The molecule has 1 aliphatic rings. The third-order valence-electron chi connectivity index (χ3n) is 5.12. The molecule has 0 saturated carbocycles. The summed E-state index contributed by atoms with van der Waals surface area (Å²) in [6.07, 6.45) is 2.97. The molecule has 0 aliphatic carbocycles. The first-order chi connectivity index (χ1) is 12.9. The molecule has 6 nitrogen and oxygen atoms in total. The number of benzene rings is 1. The number of carbonyl (C=O) groups is 2. The molecule has 150 valence electrons. The summed E-state index contributed by atoms with van der Waals surface area (Å²) in [5.41, 5.74) is 6.96. The van der Waals surface area contributed by atoms with Crippen LogP contribution in [0.25, 0.3) is 0 Å². The van der Waals surface area contributed by atoms with Gasteiger partial charge in [-0.05, 0) is 44.2 Å². The Morgan fingerprint density at radius 3 is 2.56 bits per heavy atom. The topological polar surface area (TPSA) is 87.5 Å². The van der Waals surface area contributed by atoms with Crippen LogP contribution in [-0.4, -0.2) is 54.5 Å². The molecule has 1 aromatic carbocycles. The zero-order chi connectivity index (χ0) is 19.8. The molecule has 3 atom stereocenters. The monoisotopic (exact) mass is 374 g/mol. The highest BCUT2D eigenvalue weighted by atomic mass is 16.2. The van der Waals surface area contributed by atoms with Gasteiger partial charge in [0.1, 0.15) is 6.04 Å². The fraction of sp³-hybridized carbons (Fsp3) is 0.619. The van der Waals surface area contributed by atoms with Crippen molar-refractivity contribution in [2.24, 2.45) is 11.7 Å². The van der Waals surface area contributed by atoms with Gasteiger partial charge >= 0.3 is 0 Å². The zero-order valence-corrected chi connectivity index (χ0v) is 16.8. The van der Waals surface area contributed by atoms with Crippen LogP contribution in [0.15, 0.2) is 30.3 Å². The second-order valence-corrected chi connectivity index (χ2v) is 7.79. The van der Waals surface area contributed by atoms with Crippen molar-refractivity contribution in [1.82, 2.24) is 15.5 Å². The number of likely N-dealkylation sites (tertiary alicyclic amines) is 1. The third kappa shape index (κ3) is 6.33. The lowest BCUT2D eigenvalue weighted by atomic mass is 10.0. The summed E-state index contributed by atoms with van der Waals surface area (Å²) >= 11 is 0. The lowest BCUT2D eigenvalue weighted by Crippen LogP contribution is -2.56. The van der Waals surface area contributed by atoms with Gasteiger partial charge in [-0.2, -0.15) is 0 Å². The molecule has 0 spiro atoms. The Kier molecular flexibility index (Phi) is 8.25. The van der Waals surface area contributed by atoms with Crippen LogP contribution in [0.2, 0.25) is 0 Å². The van der Waals surface area contributed by atoms with Crippen LogP contribution in [0.4, 0.5) is 0 Å². The Bertz CT molecular complexity index is 603. The summed E-state index contributed by atoms with van der Waals surface area (Å²) < 4.78 is 0. The number of nitrogens with zero attached hydrogens (tertiary/aromatic N) is 1. The fourth-order valence-electron chi connectivity index (χ4n) is 3.46. The molecule has 1 heterocycles. The molecular formula is C21H34N4O2. The van der Waals surface area contributed by atoms with Crippen LogP contribution in [0.1, 0.15) is 39.2 Å². The van der Waals surface area contributed by atoms with Gasteiger partial charge < -0.3 is 21.3 Å². The molecule has 4 N–H and O–H groups in total. The lowest BCUT2D eigenvalue weighted by molar-refractivity contribution is -0.138. The number of hydrogen-bond donors (Lipinski definition) is 3. The maximum absolute atomic E-state index is 13.1. The van der Waals surface area contributed by atoms with Gasteiger partial charge in [0.25, 0.3) is 0 Å². The Morgan fingerprint density at radius 1 is 1.22 bits per heavy atom. The molecule has 0 aromatic heterocycles. The molecule has 1 saturated heterocycles. The SMILES string of the molecule is CC(C)[C@H](NC(=O)[C@H](C)N)C(=O)N1CCC[C@H]1CNCCc1ccccc1. The first-order valence-corrected chi connectivity index (χ1v) is 10.0. The summed E-state index contributed by atoms with van der Waals surface area (Å²) in [6.45, 7) is 7.95. The van der Waals surface area contributed by atoms with Crippen molar-refractivity contribution >= 4 is 11.8 Å². The molecule has 6 heteroatoms. The number of nitrogens with one attached hydrogen (secondary N) is 2. The number of amides is 2. The maximum Gasteiger partial charge on any atom is 0.245 e. The first kappa shape index (κ1) is 21.4. The van der Waals surface area contributed by atoms with Crippen LogP contribution >= 0.6 is 0 Å². The van der Waals surface area contributed by atoms with Gasteiger partial charge in [-0.3, -0.25) is 9.59 Å². The average molecular weight is 375 g/mol. The highest BCUT2D eigenvalue weighted by Gasteiger charge is 2.35. The molecule has 27 heavy (non-hydrogen) atoms. The highest BCUT2D eigenvalue weighted by molar-refractivity contribution is 5.90. The van der Waals surface area contributed by atoms with Crippen LogP contribution < -0.4 is 16.4 Å². The van der Waals surface area contributed by atoms with Crippen molar-refractivity contribution in [2.45, 2.75) is 58.2 Å². The normalized spacial score (nSPS) is 19.1. The highest BCUT2D eigenvalue weighted by Crippen LogP contribution is 2.19.